The Balaban J connectivity index is 2.61. The highest BCUT2D eigenvalue weighted by molar-refractivity contribution is 7.80. The Hall–Kier alpha value is -0.990. The second kappa shape index (κ2) is 4.03. The molecular formula is C11H8ClNS. The first kappa shape index (κ1) is 9.56. The predicted molar refractivity (Wildman–Crippen MR) is 61.9 cm³/mol. The number of benzene rings is 1. The van der Waals surface area contributed by atoms with E-state index in [-0.39, 0.29) is 0 Å². The minimum absolute atomic E-state index is 0.647. The van der Waals surface area contributed by atoms with Gasteiger partial charge in [-0.2, -0.15) is 0 Å². The van der Waals surface area contributed by atoms with Gasteiger partial charge in [-0.3, -0.25) is 4.98 Å². The van der Waals surface area contributed by atoms with Crippen molar-refractivity contribution in [3.05, 3.63) is 47.7 Å². The summed E-state index contributed by atoms with van der Waals surface area (Å²) in [5.74, 6) is 0. The van der Waals surface area contributed by atoms with Crippen LogP contribution in [-0.2, 0) is 0 Å². The monoisotopic (exact) mass is 221 g/mol. The highest BCUT2D eigenvalue weighted by Gasteiger charge is 2.04. The van der Waals surface area contributed by atoms with Gasteiger partial charge >= 0.3 is 0 Å². The summed E-state index contributed by atoms with van der Waals surface area (Å²) in [4.78, 5) is 4.86. The van der Waals surface area contributed by atoms with Gasteiger partial charge in [0.2, 0.25) is 0 Å². The Morgan fingerprint density at radius 3 is 2.57 bits per heavy atom. The standard InChI is InChI=1S/C11H8ClNS/c12-10-7-13-6-5-8(10)9-3-1-2-4-11(9)14/h1-7,14H. The SMILES string of the molecule is Sc1ccccc1-c1ccncc1Cl. The molecule has 2 rings (SSSR count). The molecule has 0 radical (unpaired) electrons. The molecule has 0 aliphatic carbocycles. The third-order valence-corrected chi connectivity index (χ3v) is 2.66. The Kier molecular flexibility index (Phi) is 2.75. The van der Waals surface area contributed by atoms with E-state index in [1.165, 1.54) is 0 Å². The van der Waals surface area contributed by atoms with Gasteiger partial charge in [-0.25, -0.2) is 0 Å². The van der Waals surface area contributed by atoms with E-state index in [1.54, 1.807) is 12.4 Å². The molecule has 0 unspecified atom stereocenters. The van der Waals surface area contributed by atoms with Gasteiger partial charge in [0.25, 0.3) is 0 Å². The maximum absolute atomic E-state index is 6.03. The van der Waals surface area contributed by atoms with Crippen molar-refractivity contribution in [2.24, 2.45) is 0 Å². The Morgan fingerprint density at radius 1 is 1.07 bits per heavy atom. The average molecular weight is 222 g/mol. The first-order valence-corrected chi connectivity index (χ1v) is 4.99. The van der Waals surface area contributed by atoms with Crippen molar-refractivity contribution in [3.63, 3.8) is 0 Å². The lowest BCUT2D eigenvalue weighted by atomic mass is 10.1. The number of hydrogen-bond donors (Lipinski definition) is 1. The van der Waals surface area contributed by atoms with Gasteiger partial charge in [0, 0.05) is 22.9 Å². The van der Waals surface area contributed by atoms with Crippen molar-refractivity contribution in [2.75, 3.05) is 0 Å². The van der Waals surface area contributed by atoms with E-state index in [9.17, 15) is 0 Å². The zero-order chi connectivity index (χ0) is 9.97. The number of halogens is 1. The minimum Gasteiger partial charge on any atom is -0.263 e. The lowest BCUT2D eigenvalue weighted by Gasteiger charge is -2.05. The van der Waals surface area contributed by atoms with Gasteiger partial charge in [-0.1, -0.05) is 29.8 Å². The molecular weight excluding hydrogens is 214 g/mol. The molecule has 0 saturated heterocycles. The molecule has 1 aromatic heterocycles. The van der Waals surface area contributed by atoms with Crippen molar-refractivity contribution in [2.45, 2.75) is 4.90 Å². The lowest BCUT2D eigenvalue weighted by molar-refractivity contribution is 1.32. The third kappa shape index (κ3) is 1.76. The maximum Gasteiger partial charge on any atom is 0.0668 e. The normalized spacial score (nSPS) is 10.1. The molecule has 0 amide bonds. The fourth-order valence-electron chi connectivity index (χ4n) is 1.30. The lowest BCUT2D eigenvalue weighted by Crippen LogP contribution is -1.82. The van der Waals surface area contributed by atoms with E-state index in [2.05, 4.69) is 17.6 Å². The molecule has 0 atom stereocenters. The molecule has 2 aromatic rings. The Morgan fingerprint density at radius 2 is 1.86 bits per heavy atom. The molecule has 0 aliphatic heterocycles. The summed E-state index contributed by atoms with van der Waals surface area (Å²) < 4.78 is 0. The maximum atomic E-state index is 6.03. The van der Waals surface area contributed by atoms with Crippen LogP contribution in [0.1, 0.15) is 0 Å². The van der Waals surface area contributed by atoms with E-state index >= 15 is 0 Å². The fraction of sp³-hybridized carbons (Fsp3) is 0. The number of thiol groups is 1. The molecule has 0 bridgehead atoms. The van der Waals surface area contributed by atoms with Crippen molar-refractivity contribution in [1.82, 2.24) is 4.98 Å². The topological polar surface area (TPSA) is 12.9 Å². The van der Waals surface area contributed by atoms with Crippen LogP contribution in [0.3, 0.4) is 0 Å². The summed E-state index contributed by atoms with van der Waals surface area (Å²) in [7, 11) is 0. The van der Waals surface area contributed by atoms with Gasteiger partial charge in [0.1, 0.15) is 0 Å². The highest BCUT2D eigenvalue weighted by atomic mass is 35.5. The van der Waals surface area contributed by atoms with Crippen molar-refractivity contribution in [1.29, 1.82) is 0 Å². The predicted octanol–water partition coefficient (Wildman–Crippen LogP) is 3.69. The summed E-state index contributed by atoms with van der Waals surface area (Å²) in [6.45, 7) is 0. The van der Waals surface area contributed by atoms with E-state index in [1.807, 2.05) is 30.3 Å². The van der Waals surface area contributed by atoms with Crippen LogP contribution >= 0.6 is 24.2 Å². The zero-order valence-corrected chi connectivity index (χ0v) is 8.96. The van der Waals surface area contributed by atoms with Gasteiger partial charge in [-0.15, -0.1) is 12.6 Å². The molecule has 3 heteroatoms. The number of aromatic nitrogens is 1. The van der Waals surface area contributed by atoms with E-state index < -0.39 is 0 Å². The van der Waals surface area contributed by atoms with Crippen molar-refractivity contribution in [3.8, 4) is 11.1 Å². The van der Waals surface area contributed by atoms with E-state index in [0.717, 1.165) is 16.0 Å². The van der Waals surface area contributed by atoms with Crippen LogP contribution in [0.25, 0.3) is 11.1 Å². The first-order valence-electron chi connectivity index (χ1n) is 4.17. The molecule has 14 heavy (non-hydrogen) atoms. The molecule has 1 nitrogen and oxygen atoms in total. The first-order chi connectivity index (χ1) is 6.79. The van der Waals surface area contributed by atoms with Gasteiger partial charge in [0.15, 0.2) is 0 Å². The summed E-state index contributed by atoms with van der Waals surface area (Å²) in [6.07, 6.45) is 3.36. The van der Waals surface area contributed by atoms with Crippen LogP contribution in [-0.4, -0.2) is 4.98 Å². The zero-order valence-electron chi connectivity index (χ0n) is 7.31. The molecule has 1 heterocycles. The second-order valence-corrected chi connectivity index (χ2v) is 3.76. The fourth-order valence-corrected chi connectivity index (χ4v) is 1.80. The number of pyridine rings is 1. The smallest absolute Gasteiger partial charge is 0.0668 e. The summed E-state index contributed by atoms with van der Waals surface area (Å²) >= 11 is 10.4. The van der Waals surface area contributed by atoms with Gasteiger partial charge in [0.05, 0.1) is 5.02 Å². The largest absolute Gasteiger partial charge is 0.263 e. The van der Waals surface area contributed by atoms with Gasteiger partial charge in [-0.05, 0) is 17.7 Å². The molecule has 0 saturated carbocycles. The van der Waals surface area contributed by atoms with Crippen LogP contribution in [0.4, 0.5) is 0 Å². The average Bonchev–Trinajstić information content (AvgIpc) is 2.20. The van der Waals surface area contributed by atoms with Crippen LogP contribution < -0.4 is 0 Å². The summed E-state index contributed by atoms with van der Waals surface area (Å²) in [5.41, 5.74) is 2.00. The van der Waals surface area contributed by atoms with E-state index in [0.29, 0.717) is 5.02 Å². The Labute approximate surface area is 93.2 Å². The summed E-state index contributed by atoms with van der Waals surface area (Å²) in [6, 6.07) is 9.73. The molecule has 0 N–H and O–H groups in total. The minimum atomic E-state index is 0.647. The molecule has 70 valence electrons. The van der Waals surface area contributed by atoms with Gasteiger partial charge < -0.3 is 0 Å². The van der Waals surface area contributed by atoms with Crippen LogP contribution in [0.15, 0.2) is 47.6 Å². The Bertz CT molecular complexity index is 413. The quantitative estimate of drug-likeness (QED) is 0.725. The van der Waals surface area contributed by atoms with Crippen LogP contribution in [0.5, 0.6) is 0 Å². The second-order valence-electron chi connectivity index (χ2n) is 2.87. The van der Waals surface area contributed by atoms with Crippen LogP contribution in [0, 0.1) is 0 Å². The number of nitrogens with zero attached hydrogens (tertiary/aromatic N) is 1. The highest BCUT2D eigenvalue weighted by Crippen LogP contribution is 2.30. The molecule has 0 aliphatic rings. The molecule has 1 aromatic carbocycles. The summed E-state index contributed by atoms with van der Waals surface area (Å²) in [5, 5.41) is 0.647. The third-order valence-electron chi connectivity index (χ3n) is 1.97. The van der Waals surface area contributed by atoms with Crippen molar-refractivity contribution < 1.29 is 0 Å². The van der Waals surface area contributed by atoms with Crippen molar-refractivity contribution >= 4 is 24.2 Å². The molecule has 0 fully saturated rings. The van der Waals surface area contributed by atoms with E-state index in [4.69, 9.17) is 11.6 Å². The number of hydrogen-bond acceptors (Lipinski definition) is 2. The van der Waals surface area contributed by atoms with Crippen LogP contribution in [0.2, 0.25) is 5.02 Å². The number of rotatable bonds is 1. The molecule has 0 spiro atoms.